The van der Waals surface area contributed by atoms with Gasteiger partial charge in [0.25, 0.3) is 5.91 Å². The summed E-state index contributed by atoms with van der Waals surface area (Å²) in [6.45, 7) is 0.699. The van der Waals surface area contributed by atoms with Crippen LogP contribution in [0.3, 0.4) is 0 Å². The lowest BCUT2D eigenvalue weighted by atomic mass is 10.2. The molecular formula is C20H20N2O4. The highest BCUT2D eigenvalue weighted by Crippen LogP contribution is 2.23. The van der Waals surface area contributed by atoms with Crippen molar-refractivity contribution in [2.75, 3.05) is 27.4 Å². The second kappa shape index (κ2) is 8.20. The van der Waals surface area contributed by atoms with Gasteiger partial charge in [0.1, 0.15) is 29.4 Å². The van der Waals surface area contributed by atoms with Crippen molar-refractivity contribution < 1.29 is 19.0 Å². The van der Waals surface area contributed by atoms with E-state index in [-0.39, 0.29) is 5.91 Å². The number of rotatable bonds is 7. The van der Waals surface area contributed by atoms with Crippen LogP contribution >= 0.6 is 0 Å². The Kier molecular flexibility index (Phi) is 5.53. The minimum absolute atomic E-state index is 0.221. The fourth-order valence-corrected chi connectivity index (χ4v) is 2.56. The zero-order valence-electron chi connectivity index (χ0n) is 14.7. The second-order valence-electron chi connectivity index (χ2n) is 5.54. The third kappa shape index (κ3) is 4.03. The van der Waals surface area contributed by atoms with Crippen LogP contribution < -0.4 is 19.5 Å². The van der Waals surface area contributed by atoms with Gasteiger partial charge in [-0.2, -0.15) is 0 Å². The first kappa shape index (κ1) is 17.5. The van der Waals surface area contributed by atoms with Crippen molar-refractivity contribution in [1.82, 2.24) is 10.3 Å². The number of fused-ring (bicyclic) bond motifs is 1. The number of nitrogens with one attached hydrogen (secondary N) is 1. The number of hydrogen-bond donors (Lipinski definition) is 1. The van der Waals surface area contributed by atoms with Crippen molar-refractivity contribution in [3.8, 4) is 17.2 Å². The Hall–Kier alpha value is -3.28. The second-order valence-corrected chi connectivity index (χ2v) is 5.54. The van der Waals surface area contributed by atoms with E-state index in [0.29, 0.717) is 36.0 Å². The molecule has 6 heteroatoms. The van der Waals surface area contributed by atoms with Crippen LogP contribution in [0.5, 0.6) is 17.2 Å². The largest absolute Gasteiger partial charge is 0.497 e. The summed E-state index contributed by atoms with van der Waals surface area (Å²) in [5, 5.41) is 3.84. The molecule has 0 aliphatic heterocycles. The molecule has 3 aromatic rings. The van der Waals surface area contributed by atoms with E-state index >= 15 is 0 Å². The standard InChI is InChI=1S/C20H20N2O4/c1-24-16-11-15(12-17(13-16)25-2)20(23)22-9-10-26-18-7-3-5-14-6-4-8-21-19(14)18/h3-8,11-13H,9-10H2,1-2H3,(H,22,23). The van der Waals surface area contributed by atoms with Crippen molar-refractivity contribution in [2.24, 2.45) is 0 Å². The lowest BCUT2D eigenvalue weighted by Crippen LogP contribution is -2.28. The summed E-state index contributed by atoms with van der Waals surface area (Å²) < 4.78 is 16.1. The van der Waals surface area contributed by atoms with Crippen LogP contribution in [-0.2, 0) is 0 Å². The van der Waals surface area contributed by atoms with Gasteiger partial charge in [0.05, 0.1) is 20.8 Å². The van der Waals surface area contributed by atoms with Crippen LogP contribution in [0.2, 0.25) is 0 Å². The molecule has 0 saturated carbocycles. The summed E-state index contributed by atoms with van der Waals surface area (Å²) in [5.41, 5.74) is 1.27. The van der Waals surface area contributed by atoms with Gasteiger partial charge in [-0.25, -0.2) is 0 Å². The third-order valence-electron chi connectivity index (χ3n) is 3.85. The van der Waals surface area contributed by atoms with Crippen molar-refractivity contribution >= 4 is 16.8 Å². The van der Waals surface area contributed by atoms with Gasteiger partial charge in [-0.15, -0.1) is 0 Å². The topological polar surface area (TPSA) is 69.7 Å². The molecule has 0 atom stereocenters. The summed E-state index contributed by atoms with van der Waals surface area (Å²) in [6, 6.07) is 14.7. The number of amides is 1. The molecule has 0 aliphatic carbocycles. The number of benzene rings is 2. The predicted molar refractivity (Wildman–Crippen MR) is 99.1 cm³/mol. The van der Waals surface area contributed by atoms with E-state index in [2.05, 4.69) is 10.3 Å². The summed E-state index contributed by atoms with van der Waals surface area (Å²) >= 11 is 0. The molecule has 26 heavy (non-hydrogen) atoms. The van der Waals surface area contributed by atoms with Gasteiger partial charge >= 0.3 is 0 Å². The Labute approximate surface area is 151 Å². The minimum Gasteiger partial charge on any atom is -0.497 e. The minimum atomic E-state index is -0.221. The van der Waals surface area contributed by atoms with Crippen LogP contribution in [0.1, 0.15) is 10.4 Å². The van der Waals surface area contributed by atoms with Gasteiger partial charge < -0.3 is 19.5 Å². The molecule has 1 aromatic heterocycles. The number of pyridine rings is 1. The van der Waals surface area contributed by atoms with Crippen molar-refractivity contribution in [3.05, 3.63) is 60.3 Å². The highest BCUT2D eigenvalue weighted by Gasteiger charge is 2.10. The zero-order chi connectivity index (χ0) is 18.4. The van der Waals surface area contributed by atoms with Gasteiger partial charge in [-0.3, -0.25) is 9.78 Å². The molecule has 0 fully saturated rings. The van der Waals surface area contributed by atoms with Crippen LogP contribution in [0.15, 0.2) is 54.7 Å². The van der Waals surface area contributed by atoms with E-state index < -0.39 is 0 Å². The van der Waals surface area contributed by atoms with Crippen LogP contribution in [0.25, 0.3) is 10.9 Å². The van der Waals surface area contributed by atoms with Crippen LogP contribution in [-0.4, -0.2) is 38.3 Å². The fourth-order valence-electron chi connectivity index (χ4n) is 2.56. The first-order valence-corrected chi connectivity index (χ1v) is 8.19. The van der Waals surface area contributed by atoms with Crippen LogP contribution in [0, 0.1) is 0 Å². The highest BCUT2D eigenvalue weighted by molar-refractivity contribution is 5.95. The summed E-state index contributed by atoms with van der Waals surface area (Å²) in [7, 11) is 3.09. The number of ether oxygens (including phenoxy) is 3. The number of nitrogens with zero attached hydrogens (tertiary/aromatic N) is 1. The summed E-state index contributed by atoms with van der Waals surface area (Å²) in [4.78, 5) is 16.7. The third-order valence-corrected chi connectivity index (χ3v) is 3.85. The molecule has 0 unspecified atom stereocenters. The van der Waals surface area contributed by atoms with Crippen molar-refractivity contribution in [3.63, 3.8) is 0 Å². The Bertz CT molecular complexity index is 884. The average Bonchev–Trinajstić information content (AvgIpc) is 2.70. The van der Waals surface area contributed by atoms with E-state index in [1.807, 2.05) is 30.3 Å². The maximum absolute atomic E-state index is 12.3. The molecule has 1 heterocycles. The van der Waals surface area contributed by atoms with Gasteiger partial charge in [-0.1, -0.05) is 18.2 Å². The molecule has 0 bridgehead atoms. The predicted octanol–water partition coefficient (Wildman–Crippen LogP) is 3.06. The number of carbonyl (C=O) groups excluding carboxylic acids is 1. The molecule has 0 radical (unpaired) electrons. The molecular weight excluding hydrogens is 332 g/mol. The van der Waals surface area contributed by atoms with E-state index in [4.69, 9.17) is 14.2 Å². The van der Waals surface area contributed by atoms with E-state index in [1.165, 1.54) is 0 Å². The van der Waals surface area contributed by atoms with Crippen molar-refractivity contribution in [2.45, 2.75) is 0 Å². The summed E-state index contributed by atoms with van der Waals surface area (Å²) in [6.07, 6.45) is 1.73. The Morgan fingerprint density at radius 3 is 2.50 bits per heavy atom. The Morgan fingerprint density at radius 1 is 1.04 bits per heavy atom. The maximum Gasteiger partial charge on any atom is 0.251 e. The van der Waals surface area contributed by atoms with Gasteiger partial charge in [0, 0.05) is 23.2 Å². The quantitative estimate of drug-likeness (QED) is 0.662. The molecule has 134 valence electrons. The molecule has 2 aromatic carbocycles. The van der Waals surface area contributed by atoms with E-state index in [1.54, 1.807) is 38.6 Å². The smallest absolute Gasteiger partial charge is 0.251 e. The number of carbonyl (C=O) groups is 1. The van der Waals surface area contributed by atoms with Gasteiger partial charge in [-0.05, 0) is 24.3 Å². The molecule has 1 amide bonds. The molecule has 0 saturated heterocycles. The van der Waals surface area contributed by atoms with Crippen LogP contribution in [0.4, 0.5) is 0 Å². The maximum atomic E-state index is 12.3. The van der Waals surface area contributed by atoms with E-state index in [0.717, 1.165) is 10.9 Å². The Balaban J connectivity index is 1.59. The molecule has 3 rings (SSSR count). The normalized spacial score (nSPS) is 10.4. The van der Waals surface area contributed by atoms with Gasteiger partial charge in [0.2, 0.25) is 0 Å². The number of aromatic nitrogens is 1. The average molecular weight is 352 g/mol. The van der Waals surface area contributed by atoms with Crippen molar-refractivity contribution in [1.29, 1.82) is 0 Å². The fraction of sp³-hybridized carbons (Fsp3) is 0.200. The first-order chi connectivity index (χ1) is 12.7. The molecule has 0 aliphatic rings. The zero-order valence-corrected chi connectivity index (χ0v) is 14.7. The van der Waals surface area contributed by atoms with Gasteiger partial charge in [0.15, 0.2) is 0 Å². The lowest BCUT2D eigenvalue weighted by molar-refractivity contribution is 0.0946. The highest BCUT2D eigenvalue weighted by atomic mass is 16.5. The number of hydrogen-bond acceptors (Lipinski definition) is 5. The van der Waals surface area contributed by atoms with E-state index in [9.17, 15) is 4.79 Å². The monoisotopic (exact) mass is 352 g/mol. The SMILES string of the molecule is COc1cc(OC)cc(C(=O)NCCOc2cccc3cccnc23)c1. The molecule has 1 N–H and O–H groups in total. The Morgan fingerprint density at radius 2 is 1.77 bits per heavy atom. The number of methoxy groups -OCH3 is 2. The lowest BCUT2D eigenvalue weighted by Gasteiger charge is -2.11. The summed E-state index contributed by atoms with van der Waals surface area (Å²) in [5.74, 6) is 1.60. The first-order valence-electron chi connectivity index (χ1n) is 8.19. The number of para-hydroxylation sites is 1. The molecule has 0 spiro atoms. The molecule has 6 nitrogen and oxygen atoms in total.